The monoisotopic (exact) mass is 262 g/mol. The zero-order chi connectivity index (χ0) is 13.7. The highest BCUT2D eigenvalue weighted by Gasteiger charge is 2.17. The van der Waals surface area contributed by atoms with Crippen molar-refractivity contribution in [2.75, 3.05) is 0 Å². The standard InChI is InChI=1S/C15H22N2O2/c1-3-4-12-5-7-13(8-6-12)16-17-15(18)14-9-10-19-11(14)2/h9-10,12H,3-8H2,1-2H3,(H,17,18). The Hall–Kier alpha value is -1.58. The Morgan fingerprint density at radius 1 is 1.47 bits per heavy atom. The first-order valence-corrected chi connectivity index (χ1v) is 7.10. The highest BCUT2D eigenvalue weighted by molar-refractivity contribution is 5.96. The summed E-state index contributed by atoms with van der Waals surface area (Å²) in [5, 5.41) is 4.25. The number of nitrogens with zero attached hydrogens (tertiary/aromatic N) is 1. The molecule has 0 spiro atoms. The molecular formula is C15H22N2O2. The van der Waals surface area contributed by atoms with Crippen LogP contribution in [0.25, 0.3) is 0 Å². The minimum absolute atomic E-state index is 0.186. The largest absolute Gasteiger partial charge is 0.469 e. The van der Waals surface area contributed by atoms with E-state index in [4.69, 9.17) is 4.42 Å². The molecule has 1 aromatic rings. The van der Waals surface area contributed by atoms with E-state index < -0.39 is 0 Å². The minimum Gasteiger partial charge on any atom is -0.469 e. The second kappa shape index (κ2) is 6.55. The van der Waals surface area contributed by atoms with Crippen LogP contribution in [0.4, 0.5) is 0 Å². The molecule has 1 aliphatic carbocycles. The summed E-state index contributed by atoms with van der Waals surface area (Å²) in [6.07, 6.45) is 8.51. The Kier molecular flexibility index (Phi) is 4.77. The van der Waals surface area contributed by atoms with E-state index in [0.717, 1.165) is 24.5 Å². The molecular weight excluding hydrogens is 240 g/mol. The van der Waals surface area contributed by atoms with Crippen molar-refractivity contribution >= 4 is 11.6 Å². The van der Waals surface area contributed by atoms with Gasteiger partial charge in [0, 0.05) is 5.71 Å². The predicted octanol–water partition coefficient (Wildman–Crippen LogP) is 3.66. The van der Waals surface area contributed by atoms with Gasteiger partial charge in [0.15, 0.2) is 0 Å². The van der Waals surface area contributed by atoms with Gasteiger partial charge in [-0.15, -0.1) is 0 Å². The lowest BCUT2D eigenvalue weighted by Gasteiger charge is -2.22. The summed E-state index contributed by atoms with van der Waals surface area (Å²) in [4.78, 5) is 11.9. The fourth-order valence-corrected chi connectivity index (χ4v) is 2.63. The van der Waals surface area contributed by atoms with E-state index in [0.29, 0.717) is 11.3 Å². The van der Waals surface area contributed by atoms with Crippen LogP contribution in [0, 0.1) is 12.8 Å². The molecule has 19 heavy (non-hydrogen) atoms. The fraction of sp³-hybridized carbons (Fsp3) is 0.600. The summed E-state index contributed by atoms with van der Waals surface area (Å²) in [6.45, 7) is 4.01. The van der Waals surface area contributed by atoms with Crippen LogP contribution >= 0.6 is 0 Å². The number of hydrogen-bond acceptors (Lipinski definition) is 3. The first-order chi connectivity index (χ1) is 9.20. The van der Waals surface area contributed by atoms with Crippen molar-refractivity contribution < 1.29 is 9.21 Å². The zero-order valence-corrected chi connectivity index (χ0v) is 11.7. The van der Waals surface area contributed by atoms with Gasteiger partial charge in [0.1, 0.15) is 5.76 Å². The molecule has 104 valence electrons. The summed E-state index contributed by atoms with van der Waals surface area (Å²) >= 11 is 0. The summed E-state index contributed by atoms with van der Waals surface area (Å²) < 4.78 is 5.11. The van der Waals surface area contributed by atoms with Crippen LogP contribution in [0.5, 0.6) is 0 Å². The maximum Gasteiger partial charge on any atom is 0.274 e. The molecule has 1 aliphatic rings. The summed E-state index contributed by atoms with van der Waals surface area (Å²) in [6, 6.07) is 1.67. The van der Waals surface area contributed by atoms with Gasteiger partial charge in [-0.2, -0.15) is 5.10 Å². The molecule has 4 heteroatoms. The van der Waals surface area contributed by atoms with Crippen molar-refractivity contribution in [3.8, 4) is 0 Å². The summed E-state index contributed by atoms with van der Waals surface area (Å²) in [7, 11) is 0. The van der Waals surface area contributed by atoms with E-state index >= 15 is 0 Å². The van der Waals surface area contributed by atoms with Crippen LogP contribution in [0.1, 0.15) is 61.6 Å². The van der Waals surface area contributed by atoms with Crippen molar-refractivity contribution in [2.45, 2.75) is 52.4 Å². The molecule has 0 unspecified atom stereocenters. The molecule has 1 heterocycles. The molecule has 0 atom stereocenters. The van der Waals surface area contributed by atoms with Gasteiger partial charge in [-0.3, -0.25) is 4.79 Å². The molecule has 0 aromatic carbocycles. The molecule has 0 saturated heterocycles. The van der Waals surface area contributed by atoms with Crippen LogP contribution in [-0.2, 0) is 0 Å². The maximum absolute atomic E-state index is 11.9. The van der Waals surface area contributed by atoms with Gasteiger partial charge in [0.05, 0.1) is 11.8 Å². The van der Waals surface area contributed by atoms with Crippen LogP contribution in [0.2, 0.25) is 0 Å². The molecule has 1 fully saturated rings. The fourth-order valence-electron chi connectivity index (χ4n) is 2.63. The Balaban J connectivity index is 1.84. The average Bonchev–Trinajstić information content (AvgIpc) is 2.84. The third-order valence-corrected chi connectivity index (χ3v) is 3.80. The van der Waals surface area contributed by atoms with Gasteiger partial charge in [-0.25, -0.2) is 5.43 Å². The van der Waals surface area contributed by atoms with Crippen LogP contribution in [0.15, 0.2) is 21.8 Å². The molecule has 1 N–H and O–H groups in total. The van der Waals surface area contributed by atoms with Crippen molar-refractivity contribution in [2.24, 2.45) is 11.0 Å². The number of amides is 1. The molecule has 1 amide bonds. The third-order valence-electron chi connectivity index (χ3n) is 3.80. The lowest BCUT2D eigenvalue weighted by Crippen LogP contribution is -2.22. The van der Waals surface area contributed by atoms with E-state index in [2.05, 4.69) is 17.5 Å². The van der Waals surface area contributed by atoms with Crippen LogP contribution in [0.3, 0.4) is 0 Å². The van der Waals surface area contributed by atoms with Crippen molar-refractivity contribution in [3.05, 3.63) is 23.7 Å². The third kappa shape index (κ3) is 3.69. The second-order valence-corrected chi connectivity index (χ2v) is 5.24. The molecule has 1 aromatic heterocycles. The van der Waals surface area contributed by atoms with Gasteiger partial charge in [-0.05, 0) is 44.6 Å². The quantitative estimate of drug-likeness (QED) is 0.842. The number of aryl methyl sites for hydroxylation is 1. The molecule has 1 saturated carbocycles. The SMILES string of the molecule is CCCC1CCC(=NNC(=O)c2ccoc2C)CC1. The van der Waals surface area contributed by atoms with Gasteiger partial charge >= 0.3 is 0 Å². The molecule has 2 rings (SSSR count). The number of furan rings is 1. The number of nitrogens with one attached hydrogen (secondary N) is 1. The molecule has 0 bridgehead atoms. The van der Waals surface area contributed by atoms with Gasteiger partial charge in [0.2, 0.25) is 0 Å². The first-order valence-electron chi connectivity index (χ1n) is 7.10. The number of carbonyl (C=O) groups excluding carboxylic acids is 1. The van der Waals surface area contributed by atoms with Gasteiger partial charge in [-0.1, -0.05) is 19.8 Å². The first kappa shape index (κ1) is 13.8. The topological polar surface area (TPSA) is 54.6 Å². The minimum atomic E-state index is -0.186. The van der Waals surface area contributed by atoms with Crippen LogP contribution < -0.4 is 5.43 Å². The maximum atomic E-state index is 11.9. The number of hydrazone groups is 1. The number of hydrogen-bond donors (Lipinski definition) is 1. The lowest BCUT2D eigenvalue weighted by molar-refractivity contribution is 0.0953. The zero-order valence-electron chi connectivity index (χ0n) is 11.7. The van der Waals surface area contributed by atoms with E-state index in [1.807, 2.05) is 0 Å². The van der Waals surface area contributed by atoms with Crippen LogP contribution in [-0.4, -0.2) is 11.6 Å². The molecule has 4 nitrogen and oxygen atoms in total. The van der Waals surface area contributed by atoms with E-state index in [1.54, 1.807) is 13.0 Å². The van der Waals surface area contributed by atoms with Gasteiger partial charge < -0.3 is 4.42 Å². The van der Waals surface area contributed by atoms with E-state index in [9.17, 15) is 4.79 Å². The number of rotatable bonds is 4. The van der Waals surface area contributed by atoms with Crippen molar-refractivity contribution in [3.63, 3.8) is 0 Å². The van der Waals surface area contributed by atoms with Gasteiger partial charge in [0.25, 0.3) is 5.91 Å². The van der Waals surface area contributed by atoms with Crippen molar-refractivity contribution in [1.29, 1.82) is 0 Å². The smallest absolute Gasteiger partial charge is 0.274 e. The number of carbonyl (C=O) groups is 1. The predicted molar refractivity (Wildman–Crippen MR) is 75.2 cm³/mol. The summed E-state index contributed by atoms with van der Waals surface area (Å²) in [5.74, 6) is 1.29. The normalized spacial score (nSPS) is 19.3. The highest BCUT2D eigenvalue weighted by Crippen LogP contribution is 2.25. The van der Waals surface area contributed by atoms with Crippen molar-refractivity contribution in [1.82, 2.24) is 5.43 Å². The summed E-state index contributed by atoms with van der Waals surface area (Å²) in [5.41, 5.74) is 4.30. The molecule has 0 aliphatic heterocycles. The average molecular weight is 262 g/mol. The Morgan fingerprint density at radius 3 is 2.79 bits per heavy atom. The highest BCUT2D eigenvalue weighted by atomic mass is 16.3. The Morgan fingerprint density at radius 2 is 2.21 bits per heavy atom. The second-order valence-electron chi connectivity index (χ2n) is 5.24. The lowest BCUT2D eigenvalue weighted by atomic mass is 9.85. The Labute approximate surface area is 114 Å². The van der Waals surface area contributed by atoms with E-state index in [1.165, 1.54) is 31.9 Å². The Bertz CT molecular complexity index is 452. The van der Waals surface area contributed by atoms with E-state index in [-0.39, 0.29) is 5.91 Å². The molecule has 0 radical (unpaired) electrons.